The molecule has 7 nitrogen and oxygen atoms in total. The third kappa shape index (κ3) is 4.47. The molecule has 0 saturated heterocycles. The average molecular weight is 494 g/mol. The lowest BCUT2D eigenvalue weighted by molar-refractivity contribution is -0.113. The minimum atomic E-state index is -0.215. The number of hydrogen-bond donors (Lipinski definition) is 1. The van der Waals surface area contributed by atoms with Crippen molar-refractivity contribution >= 4 is 45.9 Å². The number of para-hydroxylation sites is 1. The first-order valence-electron chi connectivity index (χ1n) is 10.6. The van der Waals surface area contributed by atoms with E-state index >= 15 is 0 Å². The Hall–Kier alpha value is -3.49. The zero-order chi connectivity index (χ0) is 23.7. The molecule has 0 atom stereocenters. The number of hydrogen-bond acceptors (Lipinski definition) is 6. The fraction of sp³-hybridized carbons (Fsp3) is 0.160. The number of carbonyl (C=O) groups excluding carboxylic acids is 1. The highest BCUT2D eigenvalue weighted by atomic mass is 35.5. The lowest BCUT2D eigenvalue weighted by Crippen LogP contribution is -2.25. The van der Waals surface area contributed by atoms with Crippen molar-refractivity contribution in [2.75, 3.05) is 17.9 Å². The molecule has 1 aliphatic rings. The molecular weight excluding hydrogens is 474 g/mol. The summed E-state index contributed by atoms with van der Waals surface area (Å²) >= 11 is 7.36. The minimum absolute atomic E-state index is 0.0812. The average Bonchev–Trinajstić information content (AvgIpc) is 3.31. The zero-order valence-electron chi connectivity index (χ0n) is 18.2. The molecule has 1 aliphatic heterocycles. The molecule has 1 amide bonds. The van der Waals surface area contributed by atoms with Gasteiger partial charge in [0.2, 0.25) is 12.7 Å². The van der Waals surface area contributed by atoms with Gasteiger partial charge in [-0.05, 0) is 54.4 Å². The van der Waals surface area contributed by atoms with Gasteiger partial charge in [-0.25, -0.2) is 4.98 Å². The van der Waals surface area contributed by atoms with Crippen LogP contribution >= 0.6 is 23.4 Å². The Bertz CT molecular complexity index is 1470. The van der Waals surface area contributed by atoms with Crippen LogP contribution in [0, 0.1) is 6.92 Å². The Morgan fingerprint density at radius 3 is 2.82 bits per heavy atom. The van der Waals surface area contributed by atoms with Crippen molar-refractivity contribution in [1.29, 1.82) is 0 Å². The van der Waals surface area contributed by atoms with Gasteiger partial charge in [-0.15, -0.1) is 0 Å². The topological polar surface area (TPSA) is 82.5 Å². The van der Waals surface area contributed by atoms with Gasteiger partial charge in [0, 0.05) is 10.7 Å². The smallest absolute Gasteiger partial charge is 0.262 e. The van der Waals surface area contributed by atoms with Gasteiger partial charge < -0.3 is 14.8 Å². The molecular formula is C25H20ClN3O4S. The second kappa shape index (κ2) is 9.40. The zero-order valence-corrected chi connectivity index (χ0v) is 19.8. The molecule has 1 aromatic heterocycles. The predicted molar refractivity (Wildman–Crippen MR) is 133 cm³/mol. The van der Waals surface area contributed by atoms with Crippen LogP contribution in [0.25, 0.3) is 10.9 Å². The van der Waals surface area contributed by atoms with Crippen LogP contribution in [-0.2, 0) is 11.3 Å². The number of fused-ring (bicyclic) bond motifs is 2. The summed E-state index contributed by atoms with van der Waals surface area (Å²) in [5.41, 5.74) is 2.73. The van der Waals surface area contributed by atoms with Crippen LogP contribution < -0.4 is 20.3 Å². The van der Waals surface area contributed by atoms with Crippen LogP contribution in [0.2, 0.25) is 5.02 Å². The van der Waals surface area contributed by atoms with Gasteiger partial charge in [0.25, 0.3) is 5.56 Å². The van der Waals surface area contributed by atoms with E-state index in [1.165, 1.54) is 11.8 Å². The fourth-order valence-corrected chi connectivity index (χ4v) is 4.65. The van der Waals surface area contributed by atoms with Crippen LogP contribution in [0.5, 0.6) is 11.5 Å². The van der Waals surface area contributed by atoms with Crippen molar-refractivity contribution in [2.45, 2.75) is 18.6 Å². The Labute approximate surface area is 204 Å². The van der Waals surface area contributed by atoms with Crippen LogP contribution in [0.1, 0.15) is 11.1 Å². The highest BCUT2D eigenvalue weighted by Crippen LogP contribution is 2.33. The summed E-state index contributed by atoms with van der Waals surface area (Å²) in [4.78, 5) is 30.7. The molecule has 2 heterocycles. The maximum absolute atomic E-state index is 13.3. The highest BCUT2D eigenvalue weighted by molar-refractivity contribution is 7.99. The minimum Gasteiger partial charge on any atom is -0.454 e. The lowest BCUT2D eigenvalue weighted by Gasteiger charge is -2.14. The van der Waals surface area contributed by atoms with Gasteiger partial charge in [-0.2, -0.15) is 0 Å². The van der Waals surface area contributed by atoms with E-state index in [-0.39, 0.29) is 30.6 Å². The number of nitrogens with zero attached hydrogens (tertiary/aromatic N) is 2. The molecule has 0 aliphatic carbocycles. The second-order valence-electron chi connectivity index (χ2n) is 7.74. The summed E-state index contributed by atoms with van der Waals surface area (Å²) in [5.74, 6) is 1.19. The molecule has 4 aromatic rings. The van der Waals surface area contributed by atoms with E-state index in [1.807, 2.05) is 37.3 Å². The summed E-state index contributed by atoms with van der Waals surface area (Å²) in [6.45, 7) is 2.31. The first-order chi connectivity index (χ1) is 16.5. The maximum atomic E-state index is 13.3. The monoisotopic (exact) mass is 493 g/mol. The number of thioether (sulfide) groups is 1. The molecule has 0 saturated carbocycles. The predicted octanol–water partition coefficient (Wildman–Crippen LogP) is 4.87. The van der Waals surface area contributed by atoms with E-state index in [4.69, 9.17) is 21.1 Å². The molecule has 1 N–H and O–H groups in total. The standard InChI is InChI=1S/C25H20ClN3O4S/c1-15-18(26)6-4-8-19(15)27-23(30)13-34-25-28-20-7-3-2-5-17(20)24(31)29(25)12-16-9-10-21-22(11-16)33-14-32-21/h2-11H,12-14H2,1H3,(H,27,30). The molecule has 0 bridgehead atoms. The summed E-state index contributed by atoms with van der Waals surface area (Å²) in [7, 11) is 0. The van der Waals surface area contributed by atoms with Crippen molar-refractivity contribution in [3.8, 4) is 11.5 Å². The third-order valence-corrected chi connectivity index (χ3v) is 6.86. The van der Waals surface area contributed by atoms with Crippen LogP contribution in [0.15, 0.2) is 70.6 Å². The highest BCUT2D eigenvalue weighted by Gasteiger charge is 2.17. The molecule has 3 aromatic carbocycles. The molecule has 172 valence electrons. The van der Waals surface area contributed by atoms with Gasteiger partial charge in [-0.3, -0.25) is 14.2 Å². The number of halogens is 1. The van der Waals surface area contributed by atoms with Gasteiger partial charge in [0.05, 0.1) is 23.2 Å². The van der Waals surface area contributed by atoms with Crippen molar-refractivity contribution in [1.82, 2.24) is 9.55 Å². The van der Waals surface area contributed by atoms with Gasteiger partial charge in [0.1, 0.15) is 0 Å². The van der Waals surface area contributed by atoms with Crippen molar-refractivity contribution < 1.29 is 14.3 Å². The quantitative estimate of drug-likeness (QED) is 0.305. The van der Waals surface area contributed by atoms with E-state index < -0.39 is 0 Å². The molecule has 0 unspecified atom stereocenters. The Balaban J connectivity index is 1.43. The van der Waals surface area contributed by atoms with E-state index in [0.717, 1.165) is 11.1 Å². The van der Waals surface area contributed by atoms with E-state index in [2.05, 4.69) is 10.3 Å². The van der Waals surface area contributed by atoms with E-state index in [0.29, 0.717) is 38.3 Å². The first kappa shape index (κ1) is 22.3. The van der Waals surface area contributed by atoms with Gasteiger partial charge in [0.15, 0.2) is 16.7 Å². The van der Waals surface area contributed by atoms with Crippen molar-refractivity contribution in [3.05, 3.63) is 87.2 Å². The van der Waals surface area contributed by atoms with Crippen LogP contribution in [-0.4, -0.2) is 28.0 Å². The number of ether oxygens (including phenoxy) is 2. The lowest BCUT2D eigenvalue weighted by atomic mass is 10.2. The number of aromatic nitrogens is 2. The Morgan fingerprint density at radius 2 is 1.94 bits per heavy atom. The number of nitrogens with one attached hydrogen (secondary N) is 1. The van der Waals surface area contributed by atoms with Gasteiger partial charge >= 0.3 is 0 Å². The normalized spacial score (nSPS) is 12.2. The number of benzene rings is 3. The SMILES string of the molecule is Cc1c(Cl)cccc1NC(=O)CSc1nc2ccccc2c(=O)n1Cc1ccc2c(c1)OCO2. The number of rotatable bonds is 6. The second-order valence-corrected chi connectivity index (χ2v) is 9.09. The molecule has 0 radical (unpaired) electrons. The number of anilines is 1. The van der Waals surface area contributed by atoms with Crippen LogP contribution in [0.4, 0.5) is 5.69 Å². The summed E-state index contributed by atoms with van der Waals surface area (Å²) < 4.78 is 12.4. The Morgan fingerprint density at radius 1 is 1.12 bits per heavy atom. The molecule has 5 rings (SSSR count). The summed E-state index contributed by atoms with van der Waals surface area (Å²) in [6.07, 6.45) is 0. The van der Waals surface area contributed by atoms with Crippen molar-refractivity contribution in [3.63, 3.8) is 0 Å². The van der Waals surface area contributed by atoms with E-state index in [9.17, 15) is 9.59 Å². The molecule has 0 spiro atoms. The summed E-state index contributed by atoms with van der Waals surface area (Å²) in [6, 6.07) is 18.1. The molecule has 0 fully saturated rings. The third-order valence-electron chi connectivity index (χ3n) is 5.48. The first-order valence-corrected chi connectivity index (χ1v) is 11.9. The summed E-state index contributed by atoms with van der Waals surface area (Å²) in [5, 5.41) is 4.44. The fourth-order valence-electron chi connectivity index (χ4n) is 3.68. The van der Waals surface area contributed by atoms with Crippen molar-refractivity contribution in [2.24, 2.45) is 0 Å². The molecule has 34 heavy (non-hydrogen) atoms. The van der Waals surface area contributed by atoms with Gasteiger partial charge in [-0.1, -0.05) is 47.6 Å². The number of amides is 1. The largest absolute Gasteiger partial charge is 0.454 e. The maximum Gasteiger partial charge on any atom is 0.262 e. The Kier molecular flexibility index (Phi) is 6.17. The molecule has 9 heteroatoms. The van der Waals surface area contributed by atoms with Crippen LogP contribution in [0.3, 0.4) is 0 Å². The number of carbonyl (C=O) groups is 1. The van der Waals surface area contributed by atoms with E-state index in [1.54, 1.807) is 34.9 Å².